The number of carbonyl (C=O) groups is 1. The van der Waals surface area contributed by atoms with E-state index >= 15 is 0 Å². The molecule has 2 rings (SSSR count). The number of piperidine rings is 1. The lowest BCUT2D eigenvalue weighted by Crippen LogP contribution is -2.49. The summed E-state index contributed by atoms with van der Waals surface area (Å²) in [6.07, 6.45) is 2.23. The van der Waals surface area contributed by atoms with E-state index in [-0.39, 0.29) is 23.6 Å². The molecule has 0 bridgehead atoms. The lowest BCUT2D eigenvalue weighted by Gasteiger charge is -2.34. The zero-order valence-electron chi connectivity index (χ0n) is 12.3. The molecule has 3 nitrogen and oxygen atoms in total. The van der Waals surface area contributed by atoms with Crippen LogP contribution in [0.15, 0.2) is 29.2 Å². The van der Waals surface area contributed by atoms with Crippen LogP contribution in [0.2, 0.25) is 5.02 Å². The fraction of sp³-hybridized carbons (Fsp3) is 0.533. The summed E-state index contributed by atoms with van der Waals surface area (Å²) in [6.45, 7) is 3.67. The van der Waals surface area contributed by atoms with E-state index in [1.165, 1.54) is 0 Å². The zero-order chi connectivity index (χ0) is 14.5. The predicted molar refractivity (Wildman–Crippen MR) is 92.7 cm³/mol. The van der Waals surface area contributed by atoms with E-state index in [1.807, 2.05) is 43.1 Å². The van der Waals surface area contributed by atoms with Gasteiger partial charge in [-0.05, 0) is 51.1 Å². The molecular formula is C15H22Cl2N2OS. The fourth-order valence-corrected chi connectivity index (χ4v) is 3.52. The fourth-order valence-electron chi connectivity index (χ4n) is 2.44. The van der Waals surface area contributed by atoms with Crippen molar-refractivity contribution in [3.63, 3.8) is 0 Å². The third-order valence-corrected chi connectivity index (χ3v) is 4.97. The van der Waals surface area contributed by atoms with Gasteiger partial charge in [0.2, 0.25) is 5.91 Å². The van der Waals surface area contributed by atoms with Crippen LogP contribution in [0.3, 0.4) is 0 Å². The first kappa shape index (κ1) is 18.6. The summed E-state index contributed by atoms with van der Waals surface area (Å²) in [5, 5.41) is 3.93. The van der Waals surface area contributed by atoms with Crippen molar-refractivity contribution < 1.29 is 4.79 Å². The van der Waals surface area contributed by atoms with Gasteiger partial charge >= 0.3 is 0 Å². The second-order valence-electron chi connectivity index (χ2n) is 5.13. The molecule has 2 unspecified atom stereocenters. The number of nitrogens with zero attached hydrogens (tertiary/aromatic N) is 1. The summed E-state index contributed by atoms with van der Waals surface area (Å²) < 4.78 is 0. The van der Waals surface area contributed by atoms with Crippen molar-refractivity contribution in [2.75, 3.05) is 20.1 Å². The Morgan fingerprint density at radius 2 is 2.10 bits per heavy atom. The van der Waals surface area contributed by atoms with Crippen LogP contribution in [-0.2, 0) is 4.79 Å². The number of nitrogens with one attached hydrogen (secondary N) is 1. The molecule has 1 fully saturated rings. The highest BCUT2D eigenvalue weighted by molar-refractivity contribution is 8.00. The van der Waals surface area contributed by atoms with Crippen LogP contribution in [0.1, 0.15) is 19.8 Å². The van der Waals surface area contributed by atoms with Crippen LogP contribution < -0.4 is 5.32 Å². The largest absolute Gasteiger partial charge is 0.340 e. The SMILES string of the molecule is CNC1CCCN(C(=O)C(C)Sc2ccc(Cl)cc2)C1.Cl. The summed E-state index contributed by atoms with van der Waals surface area (Å²) in [5.41, 5.74) is 0. The molecule has 0 saturated carbocycles. The van der Waals surface area contributed by atoms with E-state index in [1.54, 1.807) is 11.8 Å². The molecular weight excluding hydrogens is 327 g/mol. The van der Waals surface area contributed by atoms with E-state index in [0.717, 1.165) is 35.8 Å². The molecule has 0 aromatic heterocycles. The lowest BCUT2D eigenvalue weighted by atomic mass is 10.1. The molecule has 1 heterocycles. The number of benzene rings is 1. The molecule has 0 spiro atoms. The van der Waals surface area contributed by atoms with Gasteiger partial charge in [0.25, 0.3) is 0 Å². The van der Waals surface area contributed by atoms with Crippen molar-refractivity contribution in [3.05, 3.63) is 29.3 Å². The summed E-state index contributed by atoms with van der Waals surface area (Å²) >= 11 is 7.47. The number of halogens is 2. The average Bonchev–Trinajstić information content (AvgIpc) is 2.48. The van der Waals surface area contributed by atoms with Crippen LogP contribution in [0, 0.1) is 0 Å². The Balaban J connectivity index is 0.00000220. The van der Waals surface area contributed by atoms with Crippen LogP contribution in [-0.4, -0.2) is 42.2 Å². The van der Waals surface area contributed by atoms with Gasteiger partial charge in [0, 0.05) is 29.0 Å². The summed E-state index contributed by atoms with van der Waals surface area (Å²) in [7, 11) is 1.96. The van der Waals surface area contributed by atoms with Crippen molar-refractivity contribution in [2.24, 2.45) is 0 Å². The molecule has 0 radical (unpaired) electrons. The number of hydrogen-bond donors (Lipinski definition) is 1. The van der Waals surface area contributed by atoms with Crippen molar-refractivity contribution >= 4 is 41.7 Å². The number of likely N-dealkylation sites (tertiary alicyclic amines) is 1. The first-order valence-corrected chi connectivity index (χ1v) is 8.24. The maximum absolute atomic E-state index is 12.5. The Hall–Kier alpha value is -0.420. The minimum atomic E-state index is -0.0632. The van der Waals surface area contributed by atoms with E-state index in [4.69, 9.17) is 11.6 Å². The molecule has 1 amide bonds. The van der Waals surface area contributed by atoms with Crippen LogP contribution >= 0.6 is 35.8 Å². The highest BCUT2D eigenvalue weighted by atomic mass is 35.5. The van der Waals surface area contributed by atoms with E-state index in [0.29, 0.717) is 6.04 Å². The Morgan fingerprint density at radius 3 is 2.71 bits per heavy atom. The average molecular weight is 349 g/mol. The zero-order valence-corrected chi connectivity index (χ0v) is 14.7. The molecule has 1 aliphatic rings. The normalized spacial score (nSPS) is 19.8. The van der Waals surface area contributed by atoms with Gasteiger partial charge in [-0.2, -0.15) is 0 Å². The second-order valence-corrected chi connectivity index (χ2v) is 6.98. The Kier molecular flexibility index (Phi) is 7.88. The smallest absolute Gasteiger partial charge is 0.235 e. The molecule has 1 saturated heterocycles. The molecule has 1 aromatic carbocycles. The summed E-state index contributed by atoms with van der Waals surface area (Å²) in [4.78, 5) is 15.5. The maximum atomic E-state index is 12.5. The third-order valence-electron chi connectivity index (χ3n) is 3.62. The first-order valence-electron chi connectivity index (χ1n) is 6.98. The highest BCUT2D eigenvalue weighted by Gasteiger charge is 2.26. The molecule has 1 aromatic rings. The topological polar surface area (TPSA) is 32.3 Å². The van der Waals surface area contributed by atoms with E-state index in [9.17, 15) is 4.79 Å². The van der Waals surface area contributed by atoms with Crippen molar-refractivity contribution in [1.82, 2.24) is 10.2 Å². The van der Waals surface area contributed by atoms with Crippen LogP contribution in [0.25, 0.3) is 0 Å². The highest BCUT2D eigenvalue weighted by Crippen LogP contribution is 2.26. The summed E-state index contributed by atoms with van der Waals surface area (Å²) in [6, 6.07) is 8.07. The molecule has 21 heavy (non-hydrogen) atoms. The van der Waals surface area contributed by atoms with E-state index < -0.39 is 0 Å². The van der Waals surface area contributed by atoms with Crippen molar-refractivity contribution in [3.8, 4) is 0 Å². The quantitative estimate of drug-likeness (QED) is 0.845. The van der Waals surface area contributed by atoms with Gasteiger partial charge in [-0.15, -0.1) is 24.2 Å². The number of thioether (sulfide) groups is 1. The lowest BCUT2D eigenvalue weighted by molar-refractivity contribution is -0.131. The number of carbonyl (C=O) groups excluding carboxylic acids is 1. The number of likely N-dealkylation sites (N-methyl/N-ethyl adjacent to an activating group) is 1. The summed E-state index contributed by atoms with van der Waals surface area (Å²) in [5.74, 6) is 0.227. The maximum Gasteiger partial charge on any atom is 0.235 e. The molecule has 2 atom stereocenters. The van der Waals surface area contributed by atoms with Crippen LogP contribution in [0.4, 0.5) is 0 Å². The standard InChI is InChI=1S/C15H21ClN2OS.ClH/c1-11(20-14-7-5-12(16)6-8-14)15(19)18-9-3-4-13(10-18)17-2;/h5-8,11,13,17H,3-4,9-10H2,1-2H3;1H. The van der Waals surface area contributed by atoms with Gasteiger partial charge in [-0.1, -0.05) is 11.6 Å². The van der Waals surface area contributed by atoms with Gasteiger partial charge < -0.3 is 10.2 Å². The molecule has 118 valence electrons. The third kappa shape index (κ3) is 5.37. The number of rotatable bonds is 4. The van der Waals surface area contributed by atoms with Gasteiger partial charge in [-0.3, -0.25) is 4.79 Å². The van der Waals surface area contributed by atoms with E-state index in [2.05, 4.69) is 5.32 Å². The number of hydrogen-bond acceptors (Lipinski definition) is 3. The monoisotopic (exact) mass is 348 g/mol. The predicted octanol–water partition coefficient (Wildman–Crippen LogP) is 3.45. The Labute approximate surface area is 142 Å². The van der Waals surface area contributed by atoms with Gasteiger partial charge in [-0.25, -0.2) is 0 Å². The first-order chi connectivity index (χ1) is 9.60. The molecule has 6 heteroatoms. The Morgan fingerprint density at radius 1 is 1.43 bits per heavy atom. The van der Waals surface area contributed by atoms with Gasteiger partial charge in [0.05, 0.1) is 5.25 Å². The van der Waals surface area contributed by atoms with Gasteiger partial charge in [0.1, 0.15) is 0 Å². The Bertz CT molecular complexity index is 455. The minimum absolute atomic E-state index is 0. The number of amides is 1. The van der Waals surface area contributed by atoms with Crippen molar-refractivity contribution in [2.45, 2.75) is 36.0 Å². The molecule has 0 aliphatic carbocycles. The van der Waals surface area contributed by atoms with Crippen LogP contribution in [0.5, 0.6) is 0 Å². The minimum Gasteiger partial charge on any atom is -0.340 e. The molecule has 1 N–H and O–H groups in total. The molecule has 1 aliphatic heterocycles. The van der Waals surface area contributed by atoms with Gasteiger partial charge in [0.15, 0.2) is 0 Å². The van der Waals surface area contributed by atoms with Crippen molar-refractivity contribution in [1.29, 1.82) is 0 Å². The second kappa shape index (κ2) is 8.89.